The van der Waals surface area contributed by atoms with Gasteiger partial charge in [0.1, 0.15) is 6.04 Å². The minimum absolute atomic E-state index is 0.0338. The van der Waals surface area contributed by atoms with E-state index in [-0.39, 0.29) is 11.9 Å². The second kappa shape index (κ2) is 5.13. The second-order valence-electron chi connectivity index (χ2n) is 6.04. The number of carbonyl (C=O) groups is 1. The maximum Gasteiger partial charge on any atom is 0.249 e. The van der Waals surface area contributed by atoms with Gasteiger partial charge in [0.05, 0.1) is 11.4 Å². The molecule has 2 aromatic carbocycles. The molecular weight excluding hydrogens is 340 g/mol. The molecule has 0 spiro atoms. The van der Waals surface area contributed by atoms with E-state index in [2.05, 4.69) is 51.2 Å². The molecule has 2 aliphatic heterocycles. The van der Waals surface area contributed by atoms with Gasteiger partial charge >= 0.3 is 0 Å². The fraction of sp³-hybridized carbons (Fsp3) is 0.278. The number of anilines is 2. The molecule has 3 nitrogen and oxygen atoms in total. The lowest BCUT2D eigenvalue weighted by molar-refractivity contribution is -0.119. The maximum absolute atomic E-state index is 12.7. The van der Waals surface area contributed by atoms with Crippen molar-refractivity contribution in [3.63, 3.8) is 0 Å². The Morgan fingerprint density at radius 3 is 2.45 bits per heavy atom. The first-order valence-corrected chi connectivity index (χ1v) is 8.33. The van der Waals surface area contributed by atoms with Gasteiger partial charge in [-0.1, -0.05) is 40.2 Å². The van der Waals surface area contributed by atoms with Crippen LogP contribution in [0.5, 0.6) is 0 Å². The van der Waals surface area contributed by atoms with E-state index in [0.717, 1.165) is 23.1 Å². The first kappa shape index (κ1) is 13.8. The Labute approximate surface area is 138 Å². The smallest absolute Gasteiger partial charge is 0.249 e. The Morgan fingerprint density at radius 2 is 1.73 bits per heavy atom. The standard InChI is InChI=1S/C18H17BrN2O/c1-20-15-4-2-3-5-16(15)21-11-13(10-17(21)18(20)22)12-6-8-14(19)9-7-12/h2-9,13,17H,10-11H2,1H3/t13-,17?/m1/s1. The van der Waals surface area contributed by atoms with Crippen molar-refractivity contribution < 1.29 is 4.79 Å². The molecule has 4 heteroatoms. The summed E-state index contributed by atoms with van der Waals surface area (Å²) in [5.74, 6) is 0.611. The Bertz CT molecular complexity index is 728. The Morgan fingerprint density at radius 1 is 1.05 bits per heavy atom. The Kier molecular flexibility index (Phi) is 3.22. The molecular formula is C18H17BrN2O. The van der Waals surface area contributed by atoms with E-state index in [0.29, 0.717) is 5.92 Å². The average molecular weight is 357 g/mol. The molecule has 0 aromatic heterocycles. The highest BCUT2D eigenvalue weighted by atomic mass is 79.9. The SMILES string of the molecule is CN1C(=O)C2C[C@@H](c3ccc(Br)cc3)CN2c2ccccc21. The van der Waals surface area contributed by atoms with E-state index in [9.17, 15) is 4.79 Å². The molecule has 2 aromatic rings. The number of hydrogen-bond donors (Lipinski definition) is 0. The molecule has 1 amide bonds. The van der Waals surface area contributed by atoms with E-state index in [1.165, 1.54) is 11.3 Å². The van der Waals surface area contributed by atoms with Crippen molar-refractivity contribution in [2.45, 2.75) is 18.4 Å². The number of halogens is 1. The number of para-hydroxylation sites is 2. The number of amides is 1. The van der Waals surface area contributed by atoms with Crippen molar-refractivity contribution in [2.24, 2.45) is 0 Å². The van der Waals surface area contributed by atoms with Gasteiger partial charge < -0.3 is 9.80 Å². The predicted octanol–water partition coefficient (Wildman–Crippen LogP) is 3.79. The monoisotopic (exact) mass is 356 g/mol. The van der Waals surface area contributed by atoms with E-state index in [1.807, 2.05) is 25.2 Å². The average Bonchev–Trinajstić information content (AvgIpc) is 2.99. The summed E-state index contributed by atoms with van der Waals surface area (Å²) in [6.45, 7) is 0.906. The van der Waals surface area contributed by atoms with Gasteiger partial charge in [0.25, 0.3) is 0 Å². The largest absolute Gasteiger partial charge is 0.357 e. The Hall–Kier alpha value is -1.81. The van der Waals surface area contributed by atoms with Gasteiger partial charge in [0, 0.05) is 24.0 Å². The van der Waals surface area contributed by atoms with Crippen LogP contribution in [0.4, 0.5) is 11.4 Å². The number of fused-ring (bicyclic) bond motifs is 3. The van der Waals surface area contributed by atoms with Crippen LogP contribution in [-0.2, 0) is 4.79 Å². The molecule has 4 rings (SSSR count). The topological polar surface area (TPSA) is 23.6 Å². The normalized spacial score (nSPS) is 23.5. The molecule has 112 valence electrons. The van der Waals surface area contributed by atoms with Crippen LogP contribution in [0.15, 0.2) is 53.0 Å². The van der Waals surface area contributed by atoms with E-state index >= 15 is 0 Å². The van der Waals surface area contributed by atoms with Crippen LogP contribution in [-0.4, -0.2) is 25.5 Å². The number of nitrogens with zero attached hydrogens (tertiary/aromatic N) is 2. The maximum atomic E-state index is 12.7. The number of rotatable bonds is 1. The van der Waals surface area contributed by atoms with Crippen molar-refractivity contribution in [2.75, 3.05) is 23.4 Å². The third kappa shape index (κ3) is 2.05. The van der Waals surface area contributed by atoms with E-state index in [4.69, 9.17) is 0 Å². The van der Waals surface area contributed by atoms with Crippen LogP contribution in [0.2, 0.25) is 0 Å². The molecule has 0 bridgehead atoms. The quantitative estimate of drug-likeness (QED) is 0.775. The fourth-order valence-corrected chi connectivity index (χ4v) is 3.91. The third-order valence-electron chi connectivity index (χ3n) is 4.81. The van der Waals surface area contributed by atoms with Gasteiger partial charge in [-0.15, -0.1) is 0 Å². The summed E-state index contributed by atoms with van der Waals surface area (Å²) in [5, 5.41) is 0. The summed E-state index contributed by atoms with van der Waals surface area (Å²) in [5.41, 5.74) is 3.50. The van der Waals surface area contributed by atoms with Gasteiger partial charge in [-0.2, -0.15) is 0 Å². The first-order valence-electron chi connectivity index (χ1n) is 7.54. The van der Waals surface area contributed by atoms with Crippen LogP contribution in [0.25, 0.3) is 0 Å². The van der Waals surface area contributed by atoms with Crippen LogP contribution < -0.4 is 9.80 Å². The molecule has 22 heavy (non-hydrogen) atoms. The summed E-state index contributed by atoms with van der Waals surface area (Å²) in [7, 11) is 1.88. The van der Waals surface area contributed by atoms with Gasteiger partial charge in [0.2, 0.25) is 5.91 Å². The molecule has 2 heterocycles. The third-order valence-corrected chi connectivity index (χ3v) is 5.34. The lowest BCUT2D eigenvalue weighted by Gasteiger charge is -2.37. The highest BCUT2D eigenvalue weighted by molar-refractivity contribution is 9.10. The minimum Gasteiger partial charge on any atom is -0.357 e. The van der Waals surface area contributed by atoms with Crippen molar-refractivity contribution >= 4 is 33.2 Å². The summed E-state index contributed by atoms with van der Waals surface area (Å²) < 4.78 is 1.09. The summed E-state index contributed by atoms with van der Waals surface area (Å²) in [4.78, 5) is 16.8. The fourth-order valence-electron chi connectivity index (χ4n) is 3.65. The van der Waals surface area contributed by atoms with Crippen molar-refractivity contribution in [1.29, 1.82) is 0 Å². The van der Waals surface area contributed by atoms with Crippen molar-refractivity contribution in [3.05, 3.63) is 58.6 Å². The highest BCUT2D eigenvalue weighted by Crippen LogP contribution is 2.43. The minimum atomic E-state index is -0.0338. The zero-order valence-electron chi connectivity index (χ0n) is 12.4. The number of likely N-dealkylation sites (N-methyl/N-ethyl adjacent to an activating group) is 1. The van der Waals surface area contributed by atoms with Crippen LogP contribution >= 0.6 is 15.9 Å². The van der Waals surface area contributed by atoms with Crippen molar-refractivity contribution in [1.82, 2.24) is 0 Å². The summed E-state index contributed by atoms with van der Waals surface area (Å²) >= 11 is 3.48. The molecule has 1 unspecified atom stereocenters. The molecule has 1 fully saturated rings. The zero-order valence-corrected chi connectivity index (χ0v) is 14.0. The highest BCUT2D eigenvalue weighted by Gasteiger charge is 2.43. The second-order valence-corrected chi connectivity index (χ2v) is 6.95. The lowest BCUT2D eigenvalue weighted by Crippen LogP contribution is -2.48. The zero-order chi connectivity index (χ0) is 15.3. The lowest BCUT2D eigenvalue weighted by atomic mass is 9.96. The number of benzene rings is 2. The molecule has 2 aliphatic rings. The van der Waals surface area contributed by atoms with Gasteiger partial charge in [-0.05, 0) is 36.2 Å². The molecule has 0 saturated carbocycles. The number of hydrogen-bond acceptors (Lipinski definition) is 2. The van der Waals surface area contributed by atoms with Gasteiger partial charge in [0.15, 0.2) is 0 Å². The summed E-state index contributed by atoms with van der Waals surface area (Å²) in [6.07, 6.45) is 0.888. The van der Waals surface area contributed by atoms with E-state index < -0.39 is 0 Å². The molecule has 0 aliphatic carbocycles. The predicted molar refractivity (Wildman–Crippen MR) is 92.5 cm³/mol. The first-order chi connectivity index (χ1) is 10.6. The molecule has 0 N–H and O–H groups in total. The van der Waals surface area contributed by atoms with Gasteiger partial charge in [-0.3, -0.25) is 4.79 Å². The van der Waals surface area contributed by atoms with Crippen LogP contribution in [0.1, 0.15) is 17.9 Å². The molecule has 0 radical (unpaired) electrons. The summed E-state index contributed by atoms with van der Waals surface area (Å²) in [6, 6.07) is 16.6. The van der Waals surface area contributed by atoms with E-state index in [1.54, 1.807) is 4.90 Å². The van der Waals surface area contributed by atoms with Crippen LogP contribution in [0, 0.1) is 0 Å². The van der Waals surface area contributed by atoms with Crippen LogP contribution in [0.3, 0.4) is 0 Å². The Balaban J connectivity index is 1.71. The molecule has 2 atom stereocenters. The van der Waals surface area contributed by atoms with Crippen molar-refractivity contribution in [3.8, 4) is 0 Å². The van der Waals surface area contributed by atoms with Gasteiger partial charge in [-0.25, -0.2) is 0 Å². The molecule has 1 saturated heterocycles. The number of carbonyl (C=O) groups excluding carboxylic acids is 1.